The maximum absolute atomic E-state index is 11.0. The molecule has 1 aromatic heterocycles. The molecule has 2 aromatic rings. The number of hydrogen-bond acceptors (Lipinski definition) is 5. The monoisotopic (exact) mass is 353 g/mol. The average Bonchev–Trinajstić information content (AvgIpc) is 2.67. The Morgan fingerprint density at radius 1 is 1.23 bits per heavy atom. The van der Waals surface area contributed by atoms with Crippen molar-refractivity contribution in [2.24, 2.45) is 0 Å². The molecule has 2 N–H and O–H groups in total. The van der Waals surface area contributed by atoms with Crippen LogP contribution in [0.2, 0.25) is 0 Å². The number of hydrogen-bond donors (Lipinski definition) is 2. The average molecular weight is 353 g/mol. The SMILES string of the molecule is CC(=O)NCc1ccc(-c2cnc(C3CNCCN3C(C)C)nc2)cc1. The fourth-order valence-electron chi connectivity index (χ4n) is 3.28. The van der Waals surface area contributed by atoms with Crippen LogP contribution in [0.1, 0.15) is 38.2 Å². The lowest BCUT2D eigenvalue weighted by Gasteiger charge is -2.37. The molecule has 0 aliphatic carbocycles. The van der Waals surface area contributed by atoms with E-state index in [1.807, 2.05) is 36.7 Å². The zero-order valence-electron chi connectivity index (χ0n) is 15.7. The molecule has 2 heterocycles. The summed E-state index contributed by atoms with van der Waals surface area (Å²) in [5, 5.41) is 6.24. The van der Waals surface area contributed by atoms with Gasteiger partial charge in [0.2, 0.25) is 5.91 Å². The number of nitrogens with one attached hydrogen (secondary N) is 2. The fourth-order valence-corrected chi connectivity index (χ4v) is 3.28. The Morgan fingerprint density at radius 2 is 1.92 bits per heavy atom. The van der Waals surface area contributed by atoms with E-state index in [-0.39, 0.29) is 11.9 Å². The van der Waals surface area contributed by atoms with Crippen LogP contribution < -0.4 is 10.6 Å². The largest absolute Gasteiger partial charge is 0.352 e. The van der Waals surface area contributed by atoms with E-state index in [4.69, 9.17) is 0 Å². The molecule has 1 aromatic carbocycles. The lowest BCUT2D eigenvalue weighted by atomic mass is 10.1. The maximum Gasteiger partial charge on any atom is 0.217 e. The highest BCUT2D eigenvalue weighted by molar-refractivity contribution is 5.72. The van der Waals surface area contributed by atoms with Gasteiger partial charge in [0.15, 0.2) is 0 Å². The molecule has 6 heteroatoms. The van der Waals surface area contributed by atoms with Crippen LogP contribution in [0.4, 0.5) is 0 Å². The third-order valence-corrected chi connectivity index (χ3v) is 4.75. The molecule has 1 aliphatic rings. The van der Waals surface area contributed by atoms with E-state index >= 15 is 0 Å². The first kappa shape index (κ1) is 18.5. The molecule has 0 spiro atoms. The van der Waals surface area contributed by atoms with Crippen LogP contribution in [0.15, 0.2) is 36.7 Å². The zero-order chi connectivity index (χ0) is 18.5. The summed E-state index contributed by atoms with van der Waals surface area (Å²) in [6.07, 6.45) is 3.80. The third kappa shape index (κ3) is 4.45. The summed E-state index contributed by atoms with van der Waals surface area (Å²) < 4.78 is 0. The van der Waals surface area contributed by atoms with Gasteiger partial charge in [-0.3, -0.25) is 9.69 Å². The molecule has 1 amide bonds. The van der Waals surface area contributed by atoms with E-state index in [1.54, 1.807) is 0 Å². The predicted octanol–water partition coefficient (Wildman–Crippen LogP) is 2.13. The Kier molecular flexibility index (Phi) is 5.96. The molecule has 0 bridgehead atoms. The van der Waals surface area contributed by atoms with Gasteiger partial charge in [-0.15, -0.1) is 0 Å². The number of carbonyl (C=O) groups is 1. The Bertz CT molecular complexity index is 727. The summed E-state index contributed by atoms with van der Waals surface area (Å²) in [6, 6.07) is 8.81. The van der Waals surface area contributed by atoms with Crippen LogP contribution in [0, 0.1) is 0 Å². The molecule has 0 saturated carbocycles. The second-order valence-electron chi connectivity index (χ2n) is 6.99. The summed E-state index contributed by atoms with van der Waals surface area (Å²) in [4.78, 5) is 22.7. The van der Waals surface area contributed by atoms with Crippen LogP contribution >= 0.6 is 0 Å². The number of piperazine rings is 1. The molecule has 1 unspecified atom stereocenters. The third-order valence-electron chi connectivity index (χ3n) is 4.75. The molecule has 6 nitrogen and oxygen atoms in total. The van der Waals surface area contributed by atoms with Gasteiger partial charge in [0, 0.05) is 57.1 Å². The van der Waals surface area contributed by atoms with Crippen molar-refractivity contribution in [3.05, 3.63) is 48.0 Å². The number of carbonyl (C=O) groups excluding carboxylic acids is 1. The zero-order valence-corrected chi connectivity index (χ0v) is 15.7. The summed E-state index contributed by atoms with van der Waals surface area (Å²) >= 11 is 0. The van der Waals surface area contributed by atoms with Gasteiger partial charge in [-0.1, -0.05) is 24.3 Å². The fraction of sp³-hybridized carbons (Fsp3) is 0.450. The standard InChI is InChI=1S/C20H27N5O/c1-14(2)25-9-8-21-13-19(25)20-23-11-18(12-24-20)17-6-4-16(5-7-17)10-22-15(3)26/h4-7,11-12,14,19,21H,8-10,13H2,1-3H3,(H,22,26). The minimum Gasteiger partial charge on any atom is -0.352 e. The highest BCUT2D eigenvalue weighted by Crippen LogP contribution is 2.23. The van der Waals surface area contributed by atoms with Crippen molar-refractivity contribution in [2.45, 2.75) is 39.4 Å². The van der Waals surface area contributed by atoms with Gasteiger partial charge in [0.1, 0.15) is 5.82 Å². The number of amides is 1. The number of nitrogens with zero attached hydrogens (tertiary/aromatic N) is 3. The van der Waals surface area contributed by atoms with Crippen LogP contribution in [0.25, 0.3) is 11.1 Å². The van der Waals surface area contributed by atoms with Gasteiger partial charge >= 0.3 is 0 Å². The molecule has 0 radical (unpaired) electrons. The second kappa shape index (κ2) is 8.38. The van der Waals surface area contributed by atoms with E-state index in [9.17, 15) is 4.79 Å². The van der Waals surface area contributed by atoms with Crippen molar-refractivity contribution < 1.29 is 4.79 Å². The topological polar surface area (TPSA) is 70.2 Å². The van der Waals surface area contributed by atoms with Crippen LogP contribution in [-0.4, -0.2) is 46.5 Å². The minimum atomic E-state index is -0.0225. The molecular weight excluding hydrogens is 326 g/mol. The van der Waals surface area contributed by atoms with E-state index in [0.717, 1.165) is 42.1 Å². The molecule has 1 fully saturated rings. The van der Waals surface area contributed by atoms with Crippen molar-refractivity contribution in [1.82, 2.24) is 25.5 Å². The maximum atomic E-state index is 11.0. The highest BCUT2D eigenvalue weighted by Gasteiger charge is 2.27. The van der Waals surface area contributed by atoms with E-state index in [1.165, 1.54) is 6.92 Å². The van der Waals surface area contributed by atoms with Crippen molar-refractivity contribution >= 4 is 5.91 Å². The summed E-state index contributed by atoms with van der Waals surface area (Å²) in [6.45, 7) is 9.42. The van der Waals surface area contributed by atoms with Gasteiger partial charge < -0.3 is 10.6 Å². The van der Waals surface area contributed by atoms with Crippen LogP contribution in [0.3, 0.4) is 0 Å². The van der Waals surface area contributed by atoms with Gasteiger partial charge in [0.25, 0.3) is 0 Å². The second-order valence-corrected chi connectivity index (χ2v) is 6.99. The Hall–Kier alpha value is -2.31. The normalized spacial score (nSPS) is 18.1. The van der Waals surface area contributed by atoms with Gasteiger partial charge in [-0.25, -0.2) is 9.97 Å². The van der Waals surface area contributed by atoms with Crippen LogP contribution in [0.5, 0.6) is 0 Å². The summed E-state index contributed by atoms with van der Waals surface area (Å²) in [5.74, 6) is 0.850. The number of rotatable bonds is 5. The van der Waals surface area contributed by atoms with Crippen molar-refractivity contribution in [2.75, 3.05) is 19.6 Å². The smallest absolute Gasteiger partial charge is 0.217 e. The number of aromatic nitrogens is 2. The van der Waals surface area contributed by atoms with Crippen LogP contribution in [-0.2, 0) is 11.3 Å². The minimum absolute atomic E-state index is 0.0225. The molecular formula is C20H27N5O. The van der Waals surface area contributed by atoms with E-state index < -0.39 is 0 Å². The Labute approximate surface area is 155 Å². The summed E-state index contributed by atoms with van der Waals surface area (Å²) in [5.41, 5.74) is 3.15. The summed E-state index contributed by atoms with van der Waals surface area (Å²) in [7, 11) is 0. The van der Waals surface area contributed by atoms with Crippen molar-refractivity contribution in [3.8, 4) is 11.1 Å². The van der Waals surface area contributed by atoms with Crippen molar-refractivity contribution in [1.29, 1.82) is 0 Å². The molecule has 26 heavy (non-hydrogen) atoms. The molecule has 1 aliphatic heterocycles. The predicted molar refractivity (Wildman–Crippen MR) is 102 cm³/mol. The quantitative estimate of drug-likeness (QED) is 0.862. The highest BCUT2D eigenvalue weighted by atomic mass is 16.1. The van der Waals surface area contributed by atoms with Crippen molar-refractivity contribution in [3.63, 3.8) is 0 Å². The first-order valence-corrected chi connectivity index (χ1v) is 9.16. The molecule has 1 saturated heterocycles. The Morgan fingerprint density at radius 3 is 2.54 bits per heavy atom. The van der Waals surface area contributed by atoms with E-state index in [0.29, 0.717) is 12.6 Å². The molecule has 1 atom stereocenters. The van der Waals surface area contributed by atoms with Gasteiger partial charge in [-0.05, 0) is 25.0 Å². The molecule has 138 valence electrons. The number of benzene rings is 1. The first-order chi connectivity index (χ1) is 12.5. The lowest BCUT2D eigenvalue weighted by molar-refractivity contribution is -0.119. The van der Waals surface area contributed by atoms with Gasteiger partial charge in [0.05, 0.1) is 6.04 Å². The first-order valence-electron chi connectivity index (χ1n) is 9.16. The van der Waals surface area contributed by atoms with Gasteiger partial charge in [-0.2, -0.15) is 0 Å². The van der Waals surface area contributed by atoms with E-state index in [2.05, 4.69) is 39.3 Å². The lowest BCUT2D eigenvalue weighted by Crippen LogP contribution is -2.49. The molecule has 3 rings (SSSR count). The Balaban J connectivity index is 1.71.